The Labute approximate surface area is 111 Å². The van der Waals surface area contributed by atoms with Gasteiger partial charge in [-0.25, -0.2) is 0 Å². The second-order valence-corrected chi connectivity index (χ2v) is 5.52. The molecule has 2 heteroatoms. The molecule has 0 atom stereocenters. The van der Waals surface area contributed by atoms with Crippen LogP contribution in [0.2, 0.25) is 0 Å². The minimum atomic E-state index is 0.528. The summed E-state index contributed by atoms with van der Waals surface area (Å²) in [5, 5.41) is 3.41. The van der Waals surface area contributed by atoms with Crippen molar-refractivity contribution in [3.8, 4) is 5.75 Å². The van der Waals surface area contributed by atoms with E-state index in [9.17, 15) is 0 Å². The van der Waals surface area contributed by atoms with E-state index < -0.39 is 0 Å². The second-order valence-electron chi connectivity index (χ2n) is 5.52. The van der Waals surface area contributed by atoms with Crippen molar-refractivity contribution in [2.75, 3.05) is 19.7 Å². The van der Waals surface area contributed by atoms with Crippen LogP contribution in [0.4, 0.5) is 0 Å². The average molecular weight is 247 g/mol. The van der Waals surface area contributed by atoms with E-state index in [1.165, 1.54) is 37.9 Å². The molecule has 0 radical (unpaired) electrons. The first-order valence-electron chi connectivity index (χ1n) is 7.20. The van der Waals surface area contributed by atoms with Gasteiger partial charge in [0, 0.05) is 0 Å². The predicted molar refractivity (Wildman–Crippen MR) is 76.2 cm³/mol. The van der Waals surface area contributed by atoms with Gasteiger partial charge in [-0.2, -0.15) is 0 Å². The maximum atomic E-state index is 5.98. The maximum absolute atomic E-state index is 5.98. The van der Waals surface area contributed by atoms with Gasteiger partial charge < -0.3 is 10.1 Å². The van der Waals surface area contributed by atoms with Crippen LogP contribution in [0.15, 0.2) is 24.3 Å². The molecule has 0 spiro atoms. The summed E-state index contributed by atoms with van der Waals surface area (Å²) >= 11 is 0. The summed E-state index contributed by atoms with van der Waals surface area (Å²) in [4.78, 5) is 0. The lowest BCUT2D eigenvalue weighted by molar-refractivity contribution is 0.249. The van der Waals surface area contributed by atoms with E-state index in [1.807, 2.05) is 0 Å². The lowest BCUT2D eigenvalue weighted by atomic mass is 9.95. The fourth-order valence-corrected chi connectivity index (χ4v) is 2.59. The SMILES string of the molecule is CC(C)c1ccccc1OCCC1CCNCC1. The molecule has 0 aliphatic carbocycles. The third-order valence-corrected chi connectivity index (χ3v) is 3.78. The summed E-state index contributed by atoms with van der Waals surface area (Å²) < 4.78 is 5.98. The number of hydrogen-bond donors (Lipinski definition) is 1. The lowest BCUT2D eigenvalue weighted by Gasteiger charge is -2.23. The predicted octanol–water partition coefficient (Wildman–Crippen LogP) is 3.58. The zero-order valence-corrected chi connectivity index (χ0v) is 11.6. The Bertz CT molecular complexity index is 356. The van der Waals surface area contributed by atoms with E-state index in [0.29, 0.717) is 5.92 Å². The second kappa shape index (κ2) is 6.79. The normalized spacial score (nSPS) is 17.1. The highest BCUT2D eigenvalue weighted by atomic mass is 16.5. The van der Waals surface area contributed by atoms with E-state index in [4.69, 9.17) is 4.74 Å². The zero-order valence-electron chi connectivity index (χ0n) is 11.6. The number of para-hydroxylation sites is 1. The number of piperidine rings is 1. The van der Waals surface area contributed by atoms with Crippen molar-refractivity contribution in [2.24, 2.45) is 5.92 Å². The van der Waals surface area contributed by atoms with Crippen LogP contribution in [0.25, 0.3) is 0 Å². The first kappa shape index (κ1) is 13.4. The molecular formula is C16H25NO. The van der Waals surface area contributed by atoms with Gasteiger partial charge in [0.25, 0.3) is 0 Å². The van der Waals surface area contributed by atoms with Crippen molar-refractivity contribution >= 4 is 0 Å². The molecule has 0 aromatic heterocycles. The molecule has 1 aliphatic heterocycles. The van der Waals surface area contributed by atoms with Crippen molar-refractivity contribution in [1.82, 2.24) is 5.32 Å². The lowest BCUT2D eigenvalue weighted by Crippen LogP contribution is -2.28. The van der Waals surface area contributed by atoms with Crippen molar-refractivity contribution in [3.05, 3.63) is 29.8 Å². The van der Waals surface area contributed by atoms with Gasteiger partial charge in [0.05, 0.1) is 6.61 Å². The minimum Gasteiger partial charge on any atom is -0.493 e. The summed E-state index contributed by atoms with van der Waals surface area (Å²) in [6.07, 6.45) is 3.79. The number of nitrogens with one attached hydrogen (secondary N) is 1. The highest BCUT2D eigenvalue weighted by Crippen LogP contribution is 2.26. The van der Waals surface area contributed by atoms with Crippen molar-refractivity contribution in [3.63, 3.8) is 0 Å². The molecule has 18 heavy (non-hydrogen) atoms. The van der Waals surface area contributed by atoms with Gasteiger partial charge in [-0.3, -0.25) is 0 Å². The van der Waals surface area contributed by atoms with Gasteiger partial charge in [-0.05, 0) is 55.8 Å². The molecule has 2 rings (SSSR count). The molecule has 100 valence electrons. The van der Waals surface area contributed by atoms with Crippen molar-refractivity contribution in [1.29, 1.82) is 0 Å². The molecular weight excluding hydrogens is 222 g/mol. The molecule has 0 amide bonds. The van der Waals surface area contributed by atoms with Crippen molar-refractivity contribution in [2.45, 2.75) is 39.0 Å². The molecule has 0 saturated carbocycles. The molecule has 1 saturated heterocycles. The van der Waals surface area contributed by atoms with Crippen molar-refractivity contribution < 1.29 is 4.74 Å². The molecule has 1 heterocycles. The van der Waals surface area contributed by atoms with Crippen LogP contribution < -0.4 is 10.1 Å². The number of rotatable bonds is 5. The Morgan fingerprint density at radius 3 is 2.67 bits per heavy atom. The van der Waals surface area contributed by atoms with E-state index in [2.05, 4.69) is 43.4 Å². The van der Waals surface area contributed by atoms with Gasteiger partial charge >= 0.3 is 0 Å². The molecule has 0 unspecified atom stereocenters. The Balaban J connectivity index is 1.82. The van der Waals surface area contributed by atoms with Crippen LogP contribution in [-0.4, -0.2) is 19.7 Å². The van der Waals surface area contributed by atoms with Crippen LogP contribution in [0, 0.1) is 5.92 Å². The topological polar surface area (TPSA) is 21.3 Å². The fraction of sp³-hybridized carbons (Fsp3) is 0.625. The maximum Gasteiger partial charge on any atom is 0.122 e. The highest BCUT2D eigenvalue weighted by molar-refractivity contribution is 5.35. The Hall–Kier alpha value is -1.02. The minimum absolute atomic E-state index is 0.528. The summed E-state index contributed by atoms with van der Waals surface area (Å²) in [6, 6.07) is 8.42. The third kappa shape index (κ3) is 3.74. The standard InChI is InChI=1S/C16H25NO/c1-13(2)15-5-3-4-6-16(15)18-12-9-14-7-10-17-11-8-14/h3-6,13-14,17H,7-12H2,1-2H3. The van der Waals surface area contributed by atoms with Crippen LogP contribution in [0.1, 0.15) is 44.6 Å². The smallest absolute Gasteiger partial charge is 0.122 e. The number of ether oxygens (including phenoxy) is 1. The summed E-state index contributed by atoms with van der Waals surface area (Å²) in [5.74, 6) is 2.44. The Morgan fingerprint density at radius 2 is 1.94 bits per heavy atom. The van der Waals surface area contributed by atoms with E-state index in [-0.39, 0.29) is 0 Å². The first-order valence-corrected chi connectivity index (χ1v) is 7.20. The van der Waals surface area contributed by atoms with Gasteiger partial charge in [-0.15, -0.1) is 0 Å². The van der Waals surface area contributed by atoms with E-state index in [1.54, 1.807) is 0 Å². The fourth-order valence-electron chi connectivity index (χ4n) is 2.59. The first-order chi connectivity index (χ1) is 8.77. The van der Waals surface area contributed by atoms with Crippen LogP contribution in [0.3, 0.4) is 0 Å². The molecule has 1 N–H and O–H groups in total. The van der Waals surface area contributed by atoms with Crippen LogP contribution in [0.5, 0.6) is 5.75 Å². The molecule has 2 nitrogen and oxygen atoms in total. The average Bonchev–Trinajstić information content (AvgIpc) is 2.40. The Morgan fingerprint density at radius 1 is 1.22 bits per heavy atom. The largest absolute Gasteiger partial charge is 0.493 e. The summed E-state index contributed by atoms with van der Waals surface area (Å²) in [5.41, 5.74) is 1.32. The zero-order chi connectivity index (χ0) is 12.8. The summed E-state index contributed by atoms with van der Waals surface area (Å²) in [7, 11) is 0. The molecule has 1 aliphatic rings. The van der Waals surface area contributed by atoms with Gasteiger partial charge in [0.15, 0.2) is 0 Å². The number of benzene rings is 1. The Kier molecular flexibility index (Phi) is 5.06. The molecule has 0 bridgehead atoms. The van der Waals surface area contributed by atoms with Gasteiger partial charge in [0.2, 0.25) is 0 Å². The summed E-state index contributed by atoms with van der Waals surface area (Å²) in [6.45, 7) is 7.64. The highest BCUT2D eigenvalue weighted by Gasteiger charge is 2.13. The molecule has 1 aromatic rings. The quantitative estimate of drug-likeness (QED) is 0.858. The molecule has 1 fully saturated rings. The van der Waals surface area contributed by atoms with Crippen LogP contribution in [-0.2, 0) is 0 Å². The monoisotopic (exact) mass is 247 g/mol. The van der Waals surface area contributed by atoms with E-state index in [0.717, 1.165) is 18.3 Å². The number of hydrogen-bond acceptors (Lipinski definition) is 2. The molecule has 1 aromatic carbocycles. The van der Waals surface area contributed by atoms with Crippen LogP contribution >= 0.6 is 0 Å². The van der Waals surface area contributed by atoms with Gasteiger partial charge in [0.1, 0.15) is 5.75 Å². The van der Waals surface area contributed by atoms with Gasteiger partial charge in [-0.1, -0.05) is 32.0 Å². The third-order valence-electron chi connectivity index (χ3n) is 3.78. The van der Waals surface area contributed by atoms with E-state index >= 15 is 0 Å².